The predicted molar refractivity (Wildman–Crippen MR) is 158 cm³/mol. The van der Waals surface area contributed by atoms with Gasteiger partial charge < -0.3 is 20.3 Å². The van der Waals surface area contributed by atoms with Gasteiger partial charge in [-0.25, -0.2) is 4.79 Å². The van der Waals surface area contributed by atoms with Crippen molar-refractivity contribution in [2.45, 2.75) is 50.8 Å². The van der Waals surface area contributed by atoms with Gasteiger partial charge in [0.1, 0.15) is 6.54 Å². The van der Waals surface area contributed by atoms with Crippen molar-refractivity contribution < 1.29 is 19.5 Å². The molecule has 4 heterocycles. The van der Waals surface area contributed by atoms with Gasteiger partial charge in [-0.2, -0.15) is 0 Å². The molecule has 7 rings (SSSR count). The third-order valence-electron chi connectivity index (χ3n) is 10.1. The first-order chi connectivity index (χ1) is 20.5. The lowest BCUT2D eigenvalue weighted by molar-refractivity contribution is -0.139. The highest BCUT2D eigenvalue weighted by atomic mass is 16.3. The zero-order chi connectivity index (χ0) is 28.8. The number of nitrogens with zero attached hydrogens (tertiary/aromatic N) is 3. The van der Waals surface area contributed by atoms with Gasteiger partial charge in [0.05, 0.1) is 18.1 Å². The molecule has 3 aromatic rings. The molecule has 4 aliphatic rings. The predicted octanol–water partition coefficient (Wildman–Crippen LogP) is 3.44. The summed E-state index contributed by atoms with van der Waals surface area (Å²) < 4.78 is 0. The van der Waals surface area contributed by atoms with Crippen molar-refractivity contribution in [2.75, 3.05) is 32.7 Å². The average molecular weight is 570 g/mol. The minimum absolute atomic E-state index is 0.0771. The highest BCUT2D eigenvalue weighted by molar-refractivity contribution is 6.02. The number of benzene rings is 2. The number of H-pyrrole nitrogens is 1. The number of aliphatic hydroxyl groups is 1. The molecule has 42 heavy (non-hydrogen) atoms. The molecule has 220 valence electrons. The lowest BCUT2D eigenvalue weighted by Gasteiger charge is -2.51. The fourth-order valence-corrected chi connectivity index (χ4v) is 8.01. The molecule has 1 aliphatic carbocycles. The van der Waals surface area contributed by atoms with E-state index >= 15 is 0 Å². The summed E-state index contributed by atoms with van der Waals surface area (Å²) in [4.78, 5) is 48.1. The standard InChI is InChI=1S/C33H39N5O4/c39-28-12-11-22-19-36-16-13-24-23-9-4-5-10-26(23)35-31(24)27(36)17-25(22)30(28)32(41)34-14-6-15-38-29(40)20-37(33(38)42)18-21-7-2-1-3-8-21/h1-5,7-10,22,25,27-28,30,35,39H,6,11-20H2,(H,34,41)/t22-,25-,27-,28-,30?/m0/s1. The van der Waals surface area contributed by atoms with Crippen molar-refractivity contribution in [3.8, 4) is 0 Å². The van der Waals surface area contributed by atoms with Crippen molar-refractivity contribution in [1.29, 1.82) is 0 Å². The Morgan fingerprint density at radius 1 is 1.05 bits per heavy atom. The summed E-state index contributed by atoms with van der Waals surface area (Å²) in [6, 6.07) is 18.1. The van der Waals surface area contributed by atoms with Crippen LogP contribution in [0.15, 0.2) is 54.6 Å². The Kier molecular flexibility index (Phi) is 7.23. The molecule has 2 aromatic carbocycles. The number of carbonyl (C=O) groups excluding carboxylic acids is 3. The molecule has 9 nitrogen and oxygen atoms in total. The molecule has 4 amide bonds. The van der Waals surface area contributed by atoms with Crippen LogP contribution in [0.3, 0.4) is 0 Å². The highest BCUT2D eigenvalue weighted by Gasteiger charge is 2.49. The van der Waals surface area contributed by atoms with Crippen molar-refractivity contribution in [1.82, 2.24) is 25.0 Å². The summed E-state index contributed by atoms with van der Waals surface area (Å²) >= 11 is 0. The molecule has 5 atom stereocenters. The van der Waals surface area contributed by atoms with Crippen LogP contribution < -0.4 is 5.32 Å². The van der Waals surface area contributed by atoms with E-state index in [0.29, 0.717) is 31.8 Å². The average Bonchev–Trinajstić information content (AvgIpc) is 3.51. The van der Waals surface area contributed by atoms with Crippen LogP contribution in [-0.2, 0) is 22.6 Å². The maximum absolute atomic E-state index is 13.5. The number of para-hydroxylation sites is 1. The number of nitrogens with one attached hydrogen (secondary N) is 2. The first-order valence-corrected chi connectivity index (χ1v) is 15.4. The zero-order valence-corrected chi connectivity index (χ0v) is 23.9. The topological polar surface area (TPSA) is 109 Å². The minimum atomic E-state index is -0.656. The first-order valence-electron chi connectivity index (χ1n) is 15.4. The van der Waals surface area contributed by atoms with Crippen molar-refractivity contribution in [3.05, 3.63) is 71.4 Å². The largest absolute Gasteiger partial charge is 0.392 e. The van der Waals surface area contributed by atoms with Crippen LogP contribution >= 0.6 is 0 Å². The molecule has 9 heteroatoms. The number of aromatic amines is 1. The number of imide groups is 1. The molecule has 0 radical (unpaired) electrons. The molecule has 0 spiro atoms. The number of rotatable bonds is 7. The molecule has 3 aliphatic heterocycles. The Labute approximate surface area is 245 Å². The van der Waals surface area contributed by atoms with Gasteiger partial charge in [0.25, 0.3) is 0 Å². The van der Waals surface area contributed by atoms with E-state index in [9.17, 15) is 19.5 Å². The highest BCUT2D eigenvalue weighted by Crippen LogP contribution is 2.49. The molecule has 1 aromatic heterocycles. The fraction of sp³-hybridized carbons (Fsp3) is 0.485. The lowest BCUT2D eigenvalue weighted by atomic mass is 9.64. The lowest BCUT2D eigenvalue weighted by Crippen LogP contribution is -2.55. The van der Waals surface area contributed by atoms with E-state index in [-0.39, 0.29) is 42.9 Å². The van der Waals surface area contributed by atoms with Crippen molar-refractivity contribution in [3.63, 3.8) is 0 Å². The van der Waals surface area contributed by atoms with Gasteiger partial charge in [-0.05, 0) is 61.1 Å². The third-order valence-corrected chi connectivity index (χ3v) is 10.1. The summed E-state index contributed by atoms with van der Waals surface area (Å²) in [6.07, 6.45) is 3.30. The molecule has 2 saturated heterocycles. The van der Waals surface area contributed by atoms with E-state index in [2.05, 4.69) is 39.5 Å². The van der Waals surface area contributed by atoms with Crippen LogP contribution in [0.2, 0.25) is 0 Å². The molecular formula is C33H39N5O4. The Balaban J connectivity index is 0.973. The smallest absolute Gasteiger partial charge is 0.327 e. The normalized spacial score (nSPS) is 27.6. The zero-order valence-electron chi connectivity index (χ0n) is 23.9. The van der Waals surface area contributed by atoms with E-state index in [1.54, 1.807) is 4.90 Å². The number of hydrogen-bond acceptors (Lipinski definition) is 5. The second kappa shape index (κ2) is 11.2. The SMILES string of the molecule is O=C(NCCCN1C(=O)CN(Cc2ccccc2)C1=O)C1[C@H]2C[C@H]3c4[nH]c5ccccc5c4CCN3C[C@@H]2CC[C@@H]1O. The number of piperidine rings is 1. The van der Waals surface area contributed by atoms with Gasteiger partial charge in [-0.15, -0.1) is 0 Å². The fourth-order valence-electron chi connectivity index (χ4n) is 8.01. The summed E-state index contributed by atoms with van der Waals surface area (Å²) in [6.45, 7) is 3.09. The summed E-state index contributed by atoms with van der Waals surface area (Å²) in [5, 5.41) is 15.4. The number of aromatic nitrogens is 1. The van der Waals surface area contributed by atoms with E-state index in [1.807, 2.05) is 30.3 Å². The Hall–Kier alpha value is -3.69. The number of aliphatic hydroxyl groups excluding tert-OH is 1. The molecule has 3 fully saturated rings. The number of hydrogen-bond donors (Lipinski definition) is 3. The minimum Gasteiger partial charge on any atom is -0.392 e. The van der Waals surface area contributed by atoms with Crippen LogP contribution in [0.25, 0.3) is 10.9 Å². The van der Waals surface area contributed by atoms with E-state index < -0.39 is 12.0 Å². The van der Waals surface area contributed by atoms with Crippen LogP contribution in [0, 0.1) is 17.8 Å². The van der Waals surface area contributed by atoms with Gasteiger partial charge >= 0.3 is 6.03 Å². The first kappa shape index (κ1) is 27.2. The van der Waals surface area contributed by atoms with Gasteiger partial charge in [-0.1, -0.05) is 48.5 Å². The molecule has 0 bridgehead atoms. The molecule has 1 saturated carbocycles. The number of urea groups is 1. The molecule has 3 N–H and O–H groups in total. The van der Waals surface area contributed by atoms with Gasteiger partial charge in [0.2, 0.25) is 11.8 Å². The van der Waals surface area contributed by atoms with Gasteiger partial charge in [0, 0.05) is 49.3 Å². The van der Waals surface area contributed by atoms with Crippen LogP contribution in [-0.4, -0.2) is 81.5 Å². The van der Waals surface area contributed by atoms with Crippen molar-refractivity contribution >= 4 is 28.7 Å². The number of carbonyl (C=O) groups is 3. The third kappa shape index (κ3) is 4.88. The number of amides is 4. The van der Waals surface area contributed by atoms with Crippen LogP contribution in [0.5, 0.6) is 0 Å². The quantitative estimate of drug-likeness (QED) is 0.298. The van der Waals surface area contributed by atoms with Crippen LogP contribution in [0.4, 0.5) is 4.79 Å². The maximum atomic E-state index is 13.5. The van der Waals surface area contributed by atoms with Crippen molar-refractivity contribution in [2.24, 2.45) is 17.8 Å². The van der Waals surface area contributed by atoms with Crippen LogP contribution in [0.1, 0.15) is 48.5 Å². The summed E-state index contributed by atoms with van der Waals surface area (Å²) in [5.41, 5.74) is 4.83. The Morgan fingerprint density at radius 2 is 1.86 bits per heavy atom. The van der Waals surface area contributed by atoms with Gasteiger partial charge in [-0.3, -0.25) is 19.4 Å². The monoisotopic (exact) mass is 569 g/mol. The Bertz CT molecular complexity index is 1490. The Morgan fingerprint density at radius 3 is 2.71 bits per heavy atom. The second-order valence-corrected chi connectivity index (χ2v) is 12.5. The van der Waals surface area contributed by atoms with Gasteiger partial charge in [0.15, 0.2) is 0 Å². The summed E-state index contributed by atoms with van der Waals surface area (Å²) in [7, 11) is 0. The molecular weight excluding hydrogens is 530 g/mol. The molecule has 1 unspecified atom stereocenters. The maximum Gasteiger partial charge on any atom is 0.327 e. The second-order valence-electron chi connectivity index (χ2n) is 12.5. The van der Waals surface area contributed by atoms with E-state index in [0.717, 1.165) is 37.9 Å². The number of fused-ring (bicyclic) bond motifs is 6. The summed E-state index contributed by atoms with van der Waals surface area (Å²) in [5.74, 6) is -0.258. The van der Waals surface area contributed by atoms with E-state index in [4.69, 9.17) is 0 Å². The van der Waals surface area contributed by atoms with E-state index in [1.165, 1.54) is 27.1 Å².